The van der Waals surface area contributed by atoms with E-state index in [1.165, 1.54) is 0 Å². The van der Waals surface area contributed by atoms with Gasteiger partial charge in [0.15, 0.2) is 0 Å². The molecule has 88 valence electrons. The molecule has 4 nitrogen and oxygen atoms in total. The molecule has 0 bridgehead atoms. The molecule has 0 fully saturated rings. The molecular weight excluding hydrogens is 290 g/mol. The molecule has 0 aliphatic rings. The van der Waals surface area contributed by atoms with Crippen molar-refractivity contribution in [2.45, 2.75) is 31.7 Å². The van der Waals surface area contributed by atoms with Crippen LogP contribution in [0.1, 0.15) is 24.9 Å². The fraction of sp³-hybridized carbons (Fsp3) is 0.455. The normalized spacial score (nSPS) is 11.0. The molecule has 0 unspecified atom stereocenters. The van der Waals surface area contributed by atoms with Crippen molar-refractivity contribution < 1.29 is 0 Å². The van der Waals surface area contributed by atoms with E-state index >= 15 is 0 Å². The molecule has 2 rings (SSSR count). The first-order chi connectivity index (χ1) is 8.17. The van der Waals surface area contributed by atoms with Crippen LogP contribution in [0.25, 0.3) is 5.82 Å². The summed E-state index contributed by atoms with van der Waals surface area (Å²) in [5, 5.41) is 5.65. The maximum absolute atomic E-state index is 4.60. The first-order valence-corrected chi connectivity index (χ1v) is 9.47. The van der Waals surface area contributed by atoms with Gasteiger partial charge in [0, 0.05) is 0 Å². The third kappa shape index (κ3) is 2.48. The van der Waals surface area contributed by atoms with Gasteiger partial charge in [-0.3, -0.25) is 0 Å². The van der Waals surface area contributed by atoms with Gasteiger partial charge < -0.3 is 0 Å². The van der Waals surface area contributed by atoms with Crippen LogP contribution >= 0.6 is 9.70 Å². The fourth-order valence-corrected chi connectivity index (χ4v) is 3.28. The van der Waals surface area contributed by atoms with Crippen LogP contribution in [0.5, 0.6) is 0 Å². The summed E-state index contributed by atoms with van der Waals surface area (Å²) in [6.07, 6.45) is 4.18. The van der Waals surface area contributed by atoms with E-state index in [4.69, 9.17) is 0 Å². The van der Waals surface area contributed by atoms with Crippen molar-refractivity contribution in [1.29, 1.82) is 0 Å². The summed E-state index contributed by atoms with van der Waals surface area (Å²) in [5.74, 6) is 2.09. The molecule has 0 N–H and O–H groups in total. The van der Waals surface area contributed by atoms with Crippen molar-refractivity contribution in [2.24, 2.45) is 7.05 Å². The summed E-state index contributed by atoms with van der Waals surface area (Å²) < 4.78 is 4.03. The van der Waals surface area contributed by atoms with Crippen molar-refractivity contribution >= 4 is 27.1 Å². The zero-order valence-corrected chi connectivity index (χ0v) is 13.6. The van der Waals surface area contributed by atoms with Gasteiger partial charge in [0.05, 0.1) is 0 Å². The first-order valence-electron chi connectivity index (χ1n) is 5.62. The van der Waals surface area contributed by atoms with Gasteiger partial charge in [-0.1, -0.05) is 0 Å². The van der Waals surface area contributed by atoms with Crippen molar-refractivity contribution in [2.75, 3.05) is 0 Å². The molecule has 2 aromatic heterocycles. The number of aromatic nitrogens is 4. The second kappa shape index (κ2) is 5.37. The van der Waals surface area contributed by atoms with Gasteiger partial charge in [-0.05, 0) is 0 Å². The van der Waals surface area contributed by atoms with E-state index in [1.807, 2.05) is 24.9 Å². The molecule has 0 atom stereocenters. The van der Waals surface area contributed by atoms with Crippen LogP contribution in [0.15, 0.2) is 17.3 Å². The van der Waals surface area contributed by atoms with E-state index < -0.39 is 0 Å². The molecule has 0 amide bonds. The predicted octanol–water partition coefficient (Wildman–Crippen LogP) is 2.04. The zero-order chi connectivity index (χ0) is 12.4. The second-order valence-electron chi connectivity index (χ2n) is 3.97. The van der Waals surface area contributed by atoms with E-state index in [1.54, 1.807) is 27.1 Å². The molecule has 6 heteroatoms. The minimum atomic E-state index is 1.02. The molecule has 0 saturated carbocycles. The maximum atomic E-state index is 4.60. The number of hydrogen-bond acceptors (Lipinski definition) is 3. The molecule has 0 aliphatic heterocycles. The number of hydrogen-bond donors (Lipinski definition) is 0. The molecule has 2 aromatic rings. The van der Waals surface area contributed by atoms with E-state index in [9.17, 15) is 0 Å². The van der Waals surface area contributed by atoms with E-state index in [0.29, 0.717) is 0 Å². The average Bonchev–Trinajstić information content (AvgIpc) is 2.86. The van der Waals surface area contributed by atoms with Gasteiger partial charge in [-0.25, -0.2) is 0 Å². The first kappa shape index (κ1) is 12.9. The Bertz CT molecular complexity index is 518. The Balaban J connectivity index is 2.44. The number of aryl methyl sites for hydroxylation is 2. The van der Waals surface area contributed by atoms with Crippen LogP contribution in [-0.2, 0) is 13.5 Å². The van der Waals surface area contributed by atoms with Gasteiger partial charge in [0.25, 0.3) is 0 Å². The summed E-state index contributed by atoms with van der Waals surface area (Å²) in [7, 11) is 3.75. The summed E-state index contributed by atoms with van der Waals surface area (Å²) in [5.41, 5.74) is 1.14. The Morgan fingerprint density at radius 3 is 2.88 bits per heavy atom. The summed E-state index contributed by atoms with van der Waals surface area (Å²) in [4.78, 5) is 4.54. The van der Waals surface area contributed by atoms with Gasteiger partial charge >= 0.3 is 115 Å². The van der Waals surface area contributed by atoms with Gasteiger partial charge in [0.2, 0.25) is 0 Å². The predicted molar refractivity (Wildman–Crippen MR) is 70.7 cm³/mol. The fourth-order valence-electron chi connectivity index (χ4n) is 1.77. The van der Waals surface area contributed by atoms with Gasteiger partial charge in [-0.2, -0.15) is 0 Å². The monoisotopic (exact) mass is 304 g/mol. The van der Waals surface area contributed by atoms with E-state index in [0.717, 1.165) is 35.2 Å². The standard InChI is InChI=1S/C11H16N4S.Ga/c1-4-5-9-6-7-15(13-9)11-10(16)12-8(2)14(11)3;/h6-7,16H,4-5H2,1-3H3;/q;+1/p-1. The minimum absolute atomic E-state index is 1.02. The van der Waals surface area contributed by atoms with Crippen LogP contribution in [0.3, 0.4) is 0 Å². The van der Waals surface area contributed by atoms with Crippen molar-refractivity contribution in [3.8, 4) is 5.82 Å². The molecule has 17 heavy (non-hydrogen) atoms. The third-order valence-electron chi connectivity index (χ3n) is 2.74. The molecule has 0 spiro atoms. The van der Waals surface area contributed by atoms with Gasteiger partial charge in [0.1, 0.15) is 0 Å². The summed E-state index contributed by atoms with van der Waals surface area (Å²) >= 11 is 1.59. The number of imidazole rings is 1. The third-order valence-corrected chi connectivity index (χ3v) is 4.64. The average molecular weight is 305 g/mol. The number of nitrogens with zero attached hydrogens (tertiary/aromatic N) is 4. The van der Waals surface area contributed by atoms with Crippen molar-refractivity contribution in [3.05, 3.63) is 23.8 Å². The topological polar surface area (TPSA) is 35.6 Å². The molecule has 0 saturated heterocycles. The molecule has 2 radical (unpaired) electrons. The Morgan fingerprint density at radius 2 is 2.24 bits per heavy atom. The van der Waals surface area contributed by atoms with Crippen molar-refractivity contribution in [3.63, 3.8) is 0 Å². The number of rotatable bonds is 4. The summed E-state index contributed by atoms with van der Waals surface area (Å²) in [6, 6.07) is 2.08. The van der Waals surface area contributed by atoms with Gasteiger partial charge in [-0.15, -0.1) is 0 Å². The van der Waals surface area contributed by atoms with E-state index in [2.05, 4.69) is 27.6 Å². The second-order valence-corrected chi connectivity index (χ2v) is 6.07. The SMILES string of the molecule is CCCc1ccn(-c2c([S][Ga])nc(C)n2C)n1. The molecule has 2 heterocycles. The van der Waals surface area contributed by atoms with Crippen LogP contribution in [0.2, 0.25) is 0 Å². The van der Waals surface area contributed by atoms with E-state index in [-0.39, 0.29) is 0 Å². The zero-order valence-electron chi connectivity index (χ0n) is 10.3. The Kier molecular flexibility index (Phi) is 4.06. The molecule has 0 aromatic carbocycles. The van der Waals surface area contributed by atoms with Crippen LogP contribution in [0, 0.1) is 6.92 Å². The summed E-state index contributed by atoms with van der Waals surface area (Å²) in [6.45, 7) is 4.19. The van der Waals surface area contributed by atoms with Crippen LogP contribution < -0.4 is 0 Å². The Morgan fingerprint density at radius 1 is 1.47 bits per heavy atom. The van der Waals surface area contributed by atoms with Crippen molar-refractivity contribution in [1.82, 2.24) is 19.3 Å². The van der Waals surface area contributed by atoms with Crippen LogP contribution in [-0.4, -0.2) is 36.7 Å². The molecule has 0 aliphatic carbocycles. The molecular formula is C11H15GaN4S. The van der Waals surface area contributed by atoms with Crippen LogP contribution in [0.4, 0.5) is 0 Å². The Hall–Kier alpha value is -0.594. The Labute approximate surface area is 115 Å². The quantitative estimate of drug-likeness (QED) is 0.811.